The fourth-order valence-corrected chi connectivity index (χ4v) is 4.66. The van der Waals surface area contributed by atoms with Crippen LogP contribution in [-0.4, -0.2) is 24.9 Å². The summed E-state index contributed by atoms with van der Waals surface area (Å²) in [6.07, 6.45) is -1.12. The number of hydrogen-bond donors (Lipinski definition) is 1. The van der Waals surface area contributed by atoms with Crippen molar-refractivity contribution < 1.29 is 27.1 Å². The molecule has 0 aliphatic heterocycles. The molecule has 1 aromatic heterocycles. The van der Waals surface area contributed by atoms with Gasteiger partial charge >= 0.3 is 12.3 Å². The molecule has 3 rings (SSSR count). The monoisotopic (exact) mass is 440 g/mol. The first-order valence-corrected chi connectivity index (χ1v) is 10.2. The number of benzene rings is 1. The van der Waals surface area contributed by atoms with Gasteiger partial charge in [0.2, 0.25) is 0 Å². The molecular formula is C21H20F4N2O2S. The SMILES string of the molecule is CC1CCc2c(sc(NC(=O)c3cccc(COCC(F)(F)C(F)F)c3)c2C#N)C1. The summed E-state index contributed by atoms with van der Waals surface area (Å²) in [5, 5.41) is 12.8. The number of carbonyl (C=O) groups is 1. The molecule has 1 amide bonds. The Morgan fingerprint density at radius 3 is 2.90 bits per heavy atom. The molecular weight excluding hydrogens is 420 g/mol. The Morgan fingerprint density at radius 1 is 1.43 bits per heavy atom. The Kier molecular flexibility index (Phi) is 6.78. The molecule has 160 valence electrons. The highest BCUT2D eigenvalue weighted by molar-refractivity contribution is 7.16. The maximum Gasteiger partial charge on any atom is 0.330 e. The van der Waals surface area contributed by atoms with Crippen molar-refractivity contribution in [2.75, 3.05) is 11.9 Å². The van der Waals surface area contributed by atoms with Crippen molar-refractivity contribution in [2.45, 2.75) is 45.1 Å². The number of thiophene rings is 1. The molecule has 1 heterocycles. The normalized spacial score (nSPS) is 16.2. The van der Waals surface area contributed by atoms with Gasteiger partial charge in [-0.3, -0.25) is 4.79 Å². The lowest BCUT2D eigenvalue weighted by Crippen LogP contribution is -2.32. The highest BCUT2D eigenvalue weighted by atomic mass is 32.1. The fraction of sp³-hybridized carbons (Fsp3) is 0.429. The number of nitriles is 1. The Bertz CT molecular complexity index is 968. The summed E-state index contributed by atoms with van der Waals surface area (Å²) in [6.45, 7) is 0.404. The molecule has 0 saturated heterocycles. The van der Waals surface area contributed by atoms with Gasteiger partial charge in [-0.25, -0.2) is 8.78 Å². The molecule has 1 N–H and O–H groups in total. The molecule has 4 nitrogen and oxygen atoms in total. The summed E-state index contributed by atoms with van der Waals surface area (Å²) in [7, 11) is 0. The number of nitrogens with one attached hydrogen (secondary N) is 1. The number of nitrogens with zero attached hydrogens (tertiary/aromatic N) is 1. The molecule has 0 bridgehead atoms. The molecule has 30 heavy (non-hydrogen) atoms. The Labute approximate surface area is 175 Å². The third-order valence-corrected chi connectivity index (χ3v) is 6.09. The number of hydrogen-bond acceptors (Lipinski definition) is 4. The van der Waals surface area contributed by atoms with E-state index in [4.69, 9.17) is 4.74 Å². The van der Waals surface area contributed by atoms with Crippen molar-refractivity contribution in [1.82, 2.24) is 0 Å². The quantitative estimate of drug-likeness (QED) is 0.586. The zero-order valence-electron chi connectivity index (χ0n) is 16.2. The fourth-order valence-electron chi connectivity index (χ4n) is 3.30. The summed E-state index contributed by atoms with van der Waals surface area (Å²) in [5.41, 5.74) is 2.13. The lowest BCUT2D eigenvalue weighted by Gasteiger charge is -2.17. The summed E-state index contributed by atoms with van der Waals surface area (Å²) in [4.78, 5) is 13.8. The van der Waals surface area contributed by atoms with Crippen molar-refractivity contribution in [3.63, 3.8) is 0 Å². The van der Waals surface area contributed by atoms with Crippen molar-refractivity contribution in [3.8, 4) is 6.07 Å². The molecule has 0 fully saturated rings. The number of carbonyl (C=O) groups excluding carboxylic acids is 1. The Balaban J connectivity index is 1.68. The summed E-state index contributed by atoms with van der Waals surface area (Å²) < 4.78 is 54.9. The van der Waals surface area contributed by atoms with Gasteiger partial charge in [0.25, 0.3) is 5.91 Å². The van der Waals surface area contributed by atoms with Crippen LogP contribution in [0.5, 0.6) is 0 Å². The molecule has 0 saturated carbocycles. The van der Waals surface area contributed by atoms with Crippen molar-refractivity contribution >= 4 is 22.2 Å². The number of alkyl halides is 4. The molecule has 1 aromatic carbocycles. The van der Waals surface area contributed by atoms with Gasteiger partial charge in [-0.05, 0) is 48.4 Å². The molecule has 1 atom stereocenters. The molecule has 0 radical (unpaired) electrons. The first-order chi connectivity index (χ1) is 14.2. The van der Waals surface area contributed by atoms with Gasteiger partial charge in [0.1, 0.15) is 17.7 Å². The average Bonchev–Trinajstić information content (AvgIpc) is 3.03. The summed E-state index contributed by atoms with van der Waals surface area (Å²) in [6, 6.07) is 8.25. The third-order valence-electron chi connectivity index (χ3n) is 4.92. The van der Waals surface area contributed by atoms with E-state index in [-0.39, 0.29) is 12.2 Å². The smallest absolute Gasteiger partial charge is 0.330 e. The Hall–Kier alpha value is -2.44. The summed E-state index contributed by atoms with van der Waals surface area (Å²) >= 11 is 1.40. The van der Waals surface area contributed by atoms with Gasteiger partial charge < -0.3 is 10.1 Å². The second-order valence-corrected chi connectivity index (χ2v) is 8.48. The van der Waals surface area contributed by atoms with Crippen LogP contribution in [0.4, 0.5) is 22.6 Å². The maximum atomic E-state index is 12.9. The van der Waals surface area contributed by atoms with Crippen LogP contribution >= 0.6 is 11.3 Å². The zero-order valence-corrected chi connectivity index (χ0v) is 17.0. The van der Waals surface area contributed by atoms with E-state index in [9.17, 15) is 27.6 Å². The van der Waals surface area contributed by atoms with E-state index in [1.54, 1.807) is 12.1 Å². The highest BCUT2D eigenvalue weighted by Gasteiger charge is 2.40. The minimum atomic E-state index is -4.22. The molecule has 9 heteroatoms. The van der Waals surface area contributed by atoms with Gasteiger partial charge in [-0.15, -0.1) is 11.3 Å². The van der Waals surface area contributed by atoms with Crippen LogP contribution in [0.2, 0.25) is 0 Å². The van der Waals surface area contributed by atoms with Crippen LogP contribution in [0.3, 0.4) is 0 Å². The minimum Gasteiger partial charge on any atom is -0.370 e. The number of amides is 1. The molecule has 1 aliphatic carbocycles. The highest BCUT2D eigenvalue weighted by Crippen LogP contribution is 2.39. The molecule has 1 aliphatic rings. The van der Waals surface area contributed by atoms with Crippen LogP contribution in [-0.2, 0) is 24.2 Å². The molecule has 1 unspecified atom stereocenters. The topological polar surface area (TPSA) is 62.1 Å². The van der Waals surface area contributed by atoms with E-state index in [0.717, 1.165) is 29.7 Å². The van der Waals surface area contributed by atoms with E-state index in [0.29, 0.717) is 22.0 Å². The summed E-state index contributed by atoms with van der Waals surface area (Å²) in [5.74, 6) is -4.14. The first-order valence-electron chi connectivity index (χ1n) is 9.40. The zero-order chi connectivity index (χ0) is 21.9. The van der Waals surface area contributed by atoms with Gasteiger partial charge in [0.05, 0.1) is 12.2 Å². The van der Waals surface area contributed by atoms with E-state index >= 15 is 0 Å². The number of fused-ring (bicyclic) bond motifs is 1. The van der Waals surface area contributed by atoms with Gasteiger partial charge in [-0.1, -0.05) is 19.1 Å². The first kappa shape index (κ1) is 22.2. The second kappa shape index (κ2) is 9.14. The van der Waals surface area contributed by atoms with Gasteiger partial charge in [-0.2, -0.15) is 14.0 Å². The predicted octanol–water partition coefficient (Wildman–Crippen LogP) is 5.41. The van der Waals surface area contributed by atoms with Gasteiger partial charge in [0, 0.05) is 10.4 Å². The van der Waals surface area contributed by atoms with Gasteiger partial charge in [0.15, 0.2) is 0 Å². The van der Waals surface area contributed by atoms with E-state index in [1.807, 2.05) is 0 Å². The second-order valence-electron chi connectivity index (χ2n) is 7.38. The van der Waals surface area contributed by atoms with E-state index in [2.05, 4.69) is 18.3 Å². The van der Waals surface area contributed by atoms with Crippen LogP contribution < -0.4 is 5.32 Å². The average molecular weight is 440 g/mol. The van der Waals surface area contributed by atoms with Crippen LogP contribution in [0.25, 0.3) is 0 Å². The van der Waals surface area contributed by atoms with E-state index in [1.165, 1.54) is 23.5 Å². The number of ether oxygens (including phenoxy) is 1. The van der Waals surface area contributed by atoms with Crippen LogP contribution in [0.15, 0.2) is 24.3 Å². The standard InChI is InChI=1S/C21H20F4N2O2S/c1-12-5-6-15-16(9-26)19(30-17(15)7-12)27-18(28)14-4-2-3-13(8-14)10-29-11-21(24,25)20(22)23/h2-4,8,12,20H,5-7,10-11H2,1H3,(H,27,28). The largest absolute Gasteiger partial charge is 0.370 e. The maximum absolute atomic E-state index is 12.9. The van der Waals surface area contributed by atoms with Crippen molar-refractivity contribution in [2.24, 2.45) is 5.92 Å². The third kappa shape index (κ3) is 4.99. The van der Waals surface area contributed by atoms with Crippen LogP contribution in [0.1, 0.15) is 45.3 Å². The number of rotatable bonds is 7. The number of halogens is 4. The van der Waals surface area contributed by atoms with Crippen molar-refractivity contribution in [1.29, 1.82) is 5.26 Å². The molecule has 0 spiro atoms. The van der Waals surface area contributed by atoms with Crippen molar-refractivity contribution in [3.05, 3.63) is 51.4 Å². The lowest BCUT2D eigenvalue weighted by atomic mass is 9.88. The lowest BCUT2D eigenvalue weighted by molar-refractivity contribution is -0.168. The number of anilines is 1. The minimum absolute atomic E-state index is 0.250. The Morgan fingerprint density at radius 2 is 2.20 bits per heavy atom. The van der Waals surface area contributed by atoms with Crippen LogP contribution in [0, 0.1) is 17.2 Å². The van der Waals surface area contributed by atoms with E-state index < -0.39 is 24.9 Å². The molecule has 2 aromatic rings. The predicted molar refractivity (Wildman–Crippen MR) is 105 cm³/mol.